The molecule has 4 aromatic rings. The molecule has 8 nitrogen and oxygen atoms in total. The number of nitrogens with one attached hydrogen (secondary N) is 1. The lowest BCUT2D eigenvalue weighted by Crippen LogP contribution is -2.34. The van der Waals surface area contributed by atoms with Gasteiger partial charge in [-0.15, -0.1) is 10.2 Å². The average molecular weight is 441 g/mol. The van der Waals surface area contributed by atoms with Crippen LogP contribution in [0.5, 0.6) is 0 Å². The van der Waals surface area contributed by atoms with E-state index in [4.69, 9.17) is 0 Å². The number of aromatic nitrogens is 4. The van der Waals surface area contributed by atoms with E-state index >= 15 is 0 Å². The molecule has 0 fully saturated rings. The Kier molecular flexibility index (Phi) is 6.54. The molecule has 2 aromatic heterocycles. The van der Waals surface area contributed by atoms with Gasteiger partial charge in [-0.25, -0.2) is 4.98 Å². The smallest absolute Gasteiger partial charge is 0.275 e. The first-order chi connectivity index (χ1) is 16.0. The zero-order chi connectivity index (χ0) is 23.2. The topological polar surface area (TPSA) is 93.0 Å². The molecule has 0 aliphatic carbocycles. The molecule has 0 saturated heterocycles. The van der Waals surface area contributed by atoms with Crippen LogP contribution in [-0.4, -0.2) is 36.5 Å². The summed E-state index contributed by atoms with van der Waals surface area (Å²) in [5.74, 6) is 0.195. The lowest BCUT2D eigenvalue weighted by Gasteiger charge is -2.30. The number of anilines is 1. The highest BCUT2D eigenvalue weighted by atomic mass is 16.2. The predicted molar refractivity (Wildman–Crippen MR) is 125 cm³/mol. The SMILES string of the molecule is CC(=O)Nc1cccc(C(C)N(Cc2ccccc2)C(=O)c2ccc(-n3ccnc3)nn2)c1. The largest absolute Gasteiger partial charge is 0.326 e. The van der Waals surface area contributed by atoms with Crippen molar-refractivity contribution in [2.75, 3.05) is 5.32 Å². The molecule has 4 rings (SSSR count). The van der Waals surface area contributed by atoms with Crippen LogP contribution in [0.4, 0.5) is 5.69 Å². The summed E-state index contributed by atoms with van der Waals surface area (Å²) in [6.07, 6.45) is 5.04. The number of rotatable bonds is 7. The van der Waals surface area contributed by atoms with E-state index in [-0.39, 0.29) is 23.6 Å². The molecule has 1 unspecified atom stereocenters. The van der Waals surface area contributed by atoms with Crippen molar-refractivity contribution in [3.8, 4) is 5.82 Å². The highest BCUT2D eigenvalue weighted by Gasteiger charge is 2.25. The molecule has 1 atom stereocenters. The number of nitrogens with zero attached hydrogens (tertiary/aromatic N) is 5. The number of hydrogen-bond donors (Lipinski definition) is 1. The first-order valence-corrected chi connectivity index (χ1v) is 10.6. The lowest BCUT2D eigenvalue weighted by molar-refractivity contribution is -0.114. The van der Waals surface area contributed by atoms with Gasteiger partial charge in [0.2, 0.25) is 5.91 Å². The van der Waals surface area contributed by atoms with Crippen molar-refractivity contribution in [1.29, 1.82) is 0 Å². The molecule has 1 N–H and O–H groups in total. The second-order valence-electron chi connectivity index (χ2n) is 7.65. The van der Waals surface area contributed by atoms with Crippen molar-refractivity contribution in [3.63, 3.8) is 0 Å². The molecule has 2 amide bonds. The third-order valence-corrected chi connectivity index (χ3v) is 5.25. The molecule has 166 valence electrons. The number of carbonyl (C=O) groups excluding carboxylic acids is 2. The van der Waals surface area contributed by atoms with E-state index in [1.807, 2.05) is 61.5 Å². The van der Waals surface area contributed by atoms with Crippen LogP contribution in [0.25, 0.3) is 5.82 Å². The molecular weight excluding hydrogens is 416 g/mol. The highest BCUT2D eigenvalue weighted by Crippen LogP contribution is 2.26. The van der Waals surface area contributed by atoms with Gasteiger partial charge in [0.25, 0.3) is 5.91 Å². The third kappa shape index (κ3) is 5.30. The fraction of sp³-hybridized carbons (Fsp3) is 0.160. The Bertz CT molecular complexity index is 1220. The molecule has 0 aliphatic heterocycles. The van der Waals surface area contributed by atoms with Crippen molar-refractivity contribution in [2.24, 2.45) is 0 Å². The molecular formula is C25H24N6O2. The normalized spacial score (nSPS) is 11.6. The summed E-state index contributed by atoms with van der Waals surface area (Å²) >= 11 is 0. The zero-order valence-corrected chi connectivity index (χ0v) is 18.4. The van der Waals surface area contributed by atoms with Gasteiger partial charge in [0.1, 0.15) is 6.33 Å². The van der Waals surface area contributed by atoms with Crippen LogP contribution in [0.1, 0.15) is 41.5 Å². The number of hydrogen-bond acceptors (Lipinski definition) is 5. The highest BCUT2D eigenvalue weighted by molar-refractivity contribution is 5.92. The van der Waals surface area contributed by atoms with E-state index in [1.165, 1.54) is 6.92 Å². The van der Waals surface area contributed by atoms with E-state index < -0.39 is 0 Å². The van der Waals surface area contributed by atoms with Gasteiger partial charge in [0, 0.05) is 31.5 Å². The molecule has 0 radical (unpaired) electrons. The van der Waals surface area contributed by atoms with Crippen molar-refractivity contribution < 1.29 is 9.59 Å². The van der Waals surface area contributed by atoms with Crippen LogP contribution in [0, 0.1) is 0 Å². The number of benzene rings is 2. The maximum atomic E-state index is 13.6. The Morgan fingerprint density at radius 2 is 1.85 bits per heavy atom. The second kappa shape index (κ2) is 9.86. The molecule has 2 aromatic carbocycles. The predicted octanol–water partition coefficient (Wildman–Crippen LogP) is 4.02. The average Bonchev–Trinajstić information content (AvgIpc) is 3.37. The number of carbonyl (C=O) groups is 2. The van der Waals surface area contributed by atoms with Crippen LogP contribution in [0.15, 0.2) is 85.5 Å². The van der Waals surface area contributed by atoms with E-state index in [2.05, 4.69) is 20.5 Å². The van der Waals surface area contributed by atoms with Gasteiger partial charge in [0.15, 0.2) is 11.5 Å². The summed E-state index contributed by atoms with van der Waals surface area (Å²) in [4.78, 5) is 30.8. The van der Waals surface area contributed by atoms with Gasteiger partial charge in [-0.05, 0) is 42.3 Å². The molecule has 0 spiro atoms. The molecule has 0 bridgehead atoms. The Hall–Kier alpha value is -4.33. The van der Waals surface area contributed by atoms with Crippen molar-refractivity contribution in [2.45, 2.75) is 26.4 Å². The standard InChI is InChI=1S/C25H24N6O2/c1-18(21-9-6-10-22(15-21)27-19(2)32)31(16-20-7-4-3-5-8-20)25(33)23-11-12-24(29-28-23)30-14-13-26-17-30/h3-15,17-18H,16H2,1-2H3,(H,27,32). The Morgan fingerprint density at radius 3 is 2.52 bits per heavy atom. The second-order valence-corrected chi connectivity index (χ2v) is 7.65. The van der Waals surface area contributed by atoms with Gasteiger partial charge >= 0.3 is 0 Å². The minimum atomic E-state index is -0.276. The summed E-state index contributed by atoms with van der Waals surface area (Å²) in [7, 11) is 0. The molecule has 8 heteroatoms. The lowest BCUT2D eigenvalue weighted by atomic mass is 10.0. The third-order valence-electron chi connectivity index (χ3n) is 5.25. The van der Waals surface area contributed by atoms with Crippen LogP contribution in [0.2, 0.25) is 0 Å². The maximum absolute atomic E-state index is 13.6. The summed E-state index contributed by atoms with van der Waals surface area (Å²) in [6, 6.07) is 20.4. The molecule has 0 aliphatic rings. The summed E-state index contributed by atoms with van der Waals surface area (Å²) in [6.45, 7) is 3.82. The van der Waals surface area contributed by atoms with Crippen molar-refractivity contribution >= 4 is 17.5 Å². The van der Waals surface area contributed by atoms with Gasteiger partial charge in [-0.1, -0.05) is 42.5 Å². The van der Waals surface area contributed by atoms with E-state index in [0.717, 1.165) is 11.1 Å². The summed E-state index contributed by atoms with van der Waals surface area (Å²) in [5.41, 5.74) is 2.83. The van der Waals surface area contributed by atoms with Crippen LogP contribution < -0.4 is 5.32 Å². The molecule has 0 saturated carbocycles. The Morgan fingerprint density at radius 1 is 1.03 bits per heavy atom. The van der Waals surface area contributed by atoms with Gasteiger partial charge in [-0.2, -0.15) is 0 Å². The zero-order valence-electron chi connectivity index (χ0n) is 18.4. The Labute approximate surface area is 191 Å². The van der Waals surface area contributed by atoms with Gasteiger partial charge in [0.05, 0.1) is 6.04 Å². The van der Waals surface area contributed by atoms with Crippen LogP contribution >= 0.6 is 0 Å². The maximum Gasteiger partial charge on any atom is 0.275 e. The summed E-state index contributed by atoms with van der Waals surface area (Å²) in [5, 5.41) is 11.2. The fourth-order valence-electron chi connectivity index (χ4n) is 3.54. The van der Waals surface area contributed by atoms with Gasteiger partial charge < -0.3 is 10.2 Å². The molecule has 2 heterocycles. The molecule has 33 heavy (non-hydrogen) atoms. The minimum Gasteiger partial charge on any atom is -0.326 e. The fourth-order valence-corrected chi connectivity index (χ4v) is 3.54. The van der Waals surface area contributed by atoms with E-state index in [9.17, 15) is 9.59 Å². The monoisotopic (exact) mass is 440 g/mol. The van der Waals surface area contributed by atoms with Crippen molar-refractivity contribution in [3.05, 3.63) is 102 Å². The first-order valence-electron chi connectivity index (χ1n) is 10.6. The first kappa shape index (κ1) is 21.9. The van der Waals surface area contributed by atoms with Crippen LogP contribution in [0.3, 0.4) is 0 Å². The number of imidazole rings is 1. The van der Waals surface area contributed by atoms with E-state index in [0.29, 0.717) is 18.1 Å². The van der Waals surface area contributed by atoms with Crippen molar-refractivity contribution in [1.82, 2.24) is 24.6 Å². The quantitative estimate of drug-likeness (QED) is 0.468. The summed E-state index contributed by atoms with van der Waals surface area (Å²) < 4.78 is 1.72. The number of amides is 2. The van der Waals surface area contributed by atoms with E-state index in [1.54, 1.807) is 40.3 Å². The van der Waals surface area contributed by atoms with Gasteiger partial charge in [-0.3, -0.25) is 14.2 Å². The minimum absolute atomic E-state index is 0.148. The van der Waals surface area contributed by atoms with Crippen LogP contribution in [-0.2, 0) is 11.3 Å². The Balaban J connectivity index is 1.64.